The molecular weight excluding hydrogens is 374 g/mol. The van der Waals surface area contributed by atoms with Crippen LogP contribution in [0.5, 0.6) is 0 Å². The summed E-state index contributed by atoms with van der Waals surface area (Å²) in [5.41, 5.74) is 1.42. The summed E-state index contributed by atoms with van der Waals surface area (Å²) < 4.78 is 6.71. The molecule has 2 fully saturated rings. The number of esters is 1. The third-order valence-electron chi connectivity index (χ3n) is 5.83. The van der Waals surface area contributed by atoms with E-state index in [1.54, 1.807) is 12.3 Å². The molecule has 0 unspecified atom stereocenters. The van der Waals surface area contributed by atoms with Crippen molar-refractivity contribution in [2.45, 2.75) is 52.2 Å². The lowest BCUT2D eigenvalue weighted by Gasteiger charge is -2.21. The summed E-state index contributed by atoms with van der Waals surface area (Å²) in [6.45, 7) is 3.17. The molecule has 1 saturated carbocycles. The van der Waals surface area contributed by atoms with Gasteiger partial charge in [0.05, 0.1) is 17.5 Å². The third kappa shape index (κ3) is 3.43. The molecule has 2 aromatic rings. The van der Waals surface area contributed by atoms with Crippen molar-refractivity contribution in [2.75, 3.05) is 0 Å². The van der Waals surface area contributed by atoms with E-state index in [-0.39, 0.29) is 35.8 Å². The van der Waals surface area contributed by atoms with Crippen molar-refractivity contribution in [2.24, 2.45) is 11.8 Å². The molecule has 152 valence electrons. The maximum atomic E-state index is 12.6. The standard InChI is InChI=1S/C21H23N3O5/c1-12-7-8-17-22-14(9-18(25)23(17)10-12)11-29-21(28)13(2)24-19(26)15-5-3-4-6-16(15)20(24)27/h7-10,13,15-16H,3-6,11H2,1-2H3/t13-,15-,16+/m1/s1. The van der Waals surface area contributed by atoms with Crippen LogP contribution in [0, 0.1) is 18.8 Å². The van der Waals surface area contributed by atoms with Gasteiger partial charge in [0, 0.05) is 12.3 Å². The molecule has 8 heteroatoms. The molecule has 3 atom stereocenters. The van der Waals surface area contributed by atoms with Crippen molar-refractivity contribution in [1.82, 2.24) is 14.3 Å². The molecule has 1 saturated heterocycles. The van der Waals surface area contributed by atoms with Crippen molar-refractivity contribution in [3.05, 3.63) is 46.0 Å². The maximum absolute atomic E-state index is 12.6. The summed E-state index contributed by atoms with van der Waals surface area (Å²) in [7, 11) is 0. The van der Waals surface area contributed by atoms with Crippen molar-refractivity contribution in [3.8, 4) is 0 Å². The minimum absolute atomic E-state index is 0.203. The first-order valence-corrected chi connectivity index (χ1v) is 9.89. The predicted octanol–water partition coefficient (Wildman–Crippen LogP) is 1.61. The Morgan fingerprint density at radius 1 is 1.17 bits per heavy atom. The van der Waals surface area contributed by atoms with Gasteiger partial charge < -0.3 is 4.74 Å². The normalized spacial score (nSPS) is 22.6. The number of hydrogen-bond donors (Lipinski definition) is 0. The van der Waals surface area contributed by atoms with E-state index in [0.717, 1.165) is 23.3 Å². The van der Waals surface area contributed by atoms with Gasteiger partial charge in [0.15, 0.2) is 0 Å². The number of nitrogens with zero attached hydrogens (tertiary/aromatic N) is 3. The van der Waals surface area contributed by atoms with Gasteiger partial charge in [0.2, 0.25) is 11.8 Å². The van der Waals surface area contributed by atoms with Crippen LogP contribution in [0.15, 0.2) is 29.2 Å². The van der Waals surface area contributed by atoms with Gasteiger partial charge in [0.25, 0.3) is 5.56 Å². The minimum atomic E-state index is -0.996. The molecule has 1 aliphatic heterocycles. The van der Waals surface area contributed by atoms with E-state index < -0.39 is 12.0 Å². The van der Waals surface area contributed by atoms with E-state index in [1.165, 1.54) is 17.4 Å². The van der Waals surface area contributed by atoms with Crippen LogP contribution in [0.1, 0.15) is 43.9 Å². The van der Waals surface area contributed by atoms with Crippen LogP contribution in [0.4, 0.5) is 0 Å². The Bertz CT molecular complexity index is 1040. The summed E-state index contributed by atoms with van der Waals surface area (Å²) in [4.78, 5) is 55.4. The highest BCUT2D eigenvalue weighted by atomic mass is 16.5. The van der Waals surface area contributed by atoms with Crippen molar-refractivity contribution in [1.29, 1.82) is 0 Å². The molecule has 8 nitrogen and oxygen atoms in total. The van der Waals surface area contributed by atoms with E-state index in [9.17, 15) is 19.2 Å². The van der Waals surface area contributed by atoms with Gasteiger partial charge in [-0.05, 0) is 38.3 Å². The Balaban J connectivity index is 1.46. The zero-order valence-corrected chi connectivity index (χ0v) is 16.5. The van der Waals surface area contributed by atoms with Gasteiger partial charge in [-0.2, -0.15) is 0 Å². The number of rotatable bonds is 4. The van der Waals surface area contributed by atoms with E-state index in [1.807, 2.05) is 13.0 Å². The number of ether oxygens (including phenoxy) is 1. The summed E-state index contributed by atoms with van der Waals surface area (Å²) in [6.07, 6.45) is 4.92. The van der Waals surface area contributed by atoms with E-state index in [0.29, 0.717) is 24.2 Å². The van der Waals surface area contributed by atoms with Crippen LogP contribution in [-0.2, 0) is 25.7 Å². The van der Waals surface area contributed by atoms with Gasteiger partial charge in [0.1, 0.15) is 18.3 Å². The first-order chi connectivity index (χ1) is 13.9. The van der Waals surface area contributed by atoms with Crippen molar-refractivity contribution in [3.63, 3.8) is 0 Å². The molecular formula is C21H23N3O5. The van der Waals surface area contributed by atoms with Gasteiger partial charge >= 0.3 is 5.97 Å². The molecule has 2 amide bonds. The molecule has 0 spiro atoms. The Labute approximate surface area is 167 Å². The number of fused-ring (bicyclic) bond motifs is 2. The molecule has 0 radical (unpaired) electrons. The number of hydrogen-bond acceptors (Lipinski definition) is 6. The van der Waals surface area contributed by atoms with E-state index in [4.69, 9.17) is 4.74 Å². The molecule has 3 heterocycles. The fourth-order valence-electron chi connectivity index (χ4n) is 4.27. The second-order valence-electron chi connectivity index (χ2n) is 7.85. The predicted molar refractivity (Wildman–Crippen MR) is 103 cm³/mol. The largest absolute Gasteiger partial charge is 0.458 e. The molecule has 0 N–H and O–H groups in total. The lowest BCUT2D eigenvalue weighted by Crippen LogP contribution is -2.44. The molecule has 0 bridgehead atoms. The highest BCUT2D eigenvalue weighted by Gasteiger charge is 2.51. The van der Waals surface area contributed by atoms with Crippen LogP contribution in [-0.4, -0.2) is 38.1 Å². The number of carbonyl (C=O) groups is 3. The van der Waals surface area contributed by atoms with Crippen molar-refractivity contribution < 1.29 is 19.1 Å². The summed E-state index contributed by atoms with van der Waals surface area (Å²) in [5.74, 6) is -1.85. The fraction of sp³-hybridized carbons (Fsp3) is 0.476. The van der Waals surface area contributed by atoms with Crippen LogP contribution in [0.3, 0.4) is 0 Å². The topological polar surface area (TPSA) is 98.0 Å². The van der Waals surface area contributed by atoms with Gasteiger partial charge in [-0.15, -0.1) is 0 Å². The smallest absolute Gasteiger partial charge is 0.329 e. The van der Waals surface area contributed by atoms with Gasteiger partial charge in [-0.25, -0.2) is 9.78 Å². The average molecular weight is 397 g/mol. The molecule has 2 aliphatic rings. The maximum Gasteiger partial charge on any atom is 0.329 e. The second-order valence-corrected chi connectivity index (χ2v) is 7.85. The van der Waals surface area contributed by atoms with Crippen LogP contribution >= 0.6 is 0 Å². The summed E-state index contributed by atoms with van der Waals surface area (Å²) in [5, 5.41) is 0. The lowest BCUT2D eigenvalue weighted by molar-refractivity contribution is -0.159. The molecule has 4 rings (SSSR count). The second kappa shape index (κ2) is 7.42. The summed E-state index contributed by atoms with van der Waals surface area (Å²) in [6, 6.07) is 3.87. The first-order valence-electron chi connectivity index (χ1n) is 9.89. The van der Waals surface area contributed by atoms with Crippen LogP contribution < -0.4 is 5.56 Å². The Kier molecular flexibility index (Phi) is 4.94. The quantitative estimate of drug-likeness (QED) is 0.574. The number of carbonyl (C=O) groups excluding carboxylic acids is 3. The number of pyridine rings is 1. The minimum Gasteiger partial charge on any atom is -0.458 e. The van der Waals surface area contributed by atoms with Crippen LogP contribution in [0.2, 0.25) is 0 Å². The molecule has 0 aromatic carbocycles. The Morgan fingerprint density at radius 3 is 2.48 bits per heavy atom. The zero-order valence-electron chi connectivity index (χ0n) is 16.5. The number of aromatic nitrogens is 2. The first kappa shape index (κ1) is 19.3. The fourth-order valence-corrected chi connectivity index (χ4v) is 4.27. The number of amides is 2. The van der Waals surface area contributed by atoms with Gasteiger partial charge in [-0.1, -0.05) is 18.9 Å². The summed E-state index contributed by atoms with van der Waals surface area (Å²) >= 11 is 0. The number of imide groups is 1. The Hall–Kier alpha value is -3.03. The molecule has 2 aromatic heterocycles. The van der Waals surface area contributed by atoms with Crippen LogP contribution in [0.25, 0.3) is 5.65 Å². The lowest BCUT2D eigenvalue weighted by atomic mass is 9.81. The zero-order chi connectivity index (χ0) is 20.7. The van der Waals surface area contributed by atoms with Crippen molar-refractivity contribution >= 4 is 23.4 Å². The van der Waals surface area contributed by atoms with E-state index >= 15 is 0 Å². The number of aryl methyl sites for hydroxylation is 1. The monoisotopic (exact) mass is 397 g/mol. The SMILES string of the molecule is Cc1ccc2nc(COC(=O)[C@@H](C)N3C(=O)[C@H]4CCCC[C@H]4C3=O)cc(=O)n2c1. The highest BCUT2D eigenvalue weighted by molar-refractivity contribution is 6.07. The van der Waals surface area contributed by atoms with E-state index in [2.05, 4.69) is 4.98 Å². The molecule has 29 heavy (non-hydrogen) atoms. The average Bonchev–Trinajstić information content (AvgIpc) is 2.97. The van der Waals surface area contributed by atoms with Gasteiger partial charge in [-0.3, -0.25) is 23.7 Å². The number of likely N-dealkylation sites (tertiary alicyclic amines) is 1. The third-order valence-corrected chi connectivity index (χ3v) is 5.83. The highest BCUT2D eigenvalue weighted by Crippen LogP contribution is 2.38. The molecule has 1 aliphatic carbocycles. The Morgan fingerprint density at radius 2 is 1.83 bits per heavy atom.